The fourth-order valence-electron chi connectivity index (χ4n) is 3.97. The molecule has 3 aromatic rings. The number of hydrogen-bond acceptors (Lipinski definition) is 6. The van der Waals surface area contributed by atoms with Crippen molar-refractivity contribution in [2.45, 2.75) is 44.6 Å². The lowest BCUT2D eigenvalue weighted by molar-refractivity contribution is -0.113. The quantitative estimate of drug-likeness (QED) is 0.459. The lowest BCUT2D eigenvalue weighted by Gasteiger charge is -2.13. The van der Waals surface area contributed by atoms with Crippen LogP contribution in [0.2, 0.25) is 0 Å². The predicted molar refractivity (Wildman–Crippen MR) is 133 cm³/mol. The highest BCUT2D eigenvalue weighted by molar-refractivity contribution is 8.00. The van der Waals surface area contributed by atoms with Gasteiger partial charge in [0.2, 0.25) is 5.91 Å². The van der Waals surface area contributed by atoms with Crippen LogP contribution in [0.1, 0.15) is 50.5 Å². The van der Waals surface area contributed by atoms with Gasteiger partial charge in [0, 0.05) is 16.3 Å². The summed E-state index contributed by atoms with van der Waals surface area (Å²) in [6.07, 6.45) is 4.05. The highest BCUT2D eigenvalue weighted by atomic mass is 32.2. The number of carbonyl (C=O) groups is 2. The molecule has 2 heterocycles. The van der Waals surface area contributed by atoms with Crippen LogP contribution >= 0.6 is 23.1 Å². The van der Waals surface area contributed by atoms with Gasteiger partial charge in [0.05, 0.1) is 16.9 Å². The van der Waals surface area contributed by atoms with Gasteiger partial charge in [-0.1, -0.05) is 30.0 Å². The summed E-state index contributed by atoms with van der Waals surface area (Å²) in [6.45, 7) is 3.74. The number of thiophene rings is 1. The van der Waals surface area contributed by atoms with Crippen LogP contribution in [-0.2, 0) is 17.6 Å². The number of para-hydroxylation sites is 1. The number of carbonyl (C=O) groups excluding carboxylic acids is 2. The van der Waals surface area contributed by atoms with Crippen molar-refractivity contribution in [1.29, 1.82) is 5.26 Å². The Morgan fingerprint density at radius 1 is 1.15 bits per heavy atom. The van der Waals surface area contributed by atoms with Crippen molar-refractivity contribution in [2.24, 2.45) is 0 Å². The minimum Gasteiger partial charge on any atom is -0.322 e. The van der Waals surface area contributed by atoms with Crippen LogP contribution in [0, 0.1) is 25.2 Å². The number of nitriles is 1. The summed E-state index contributed by atoms with van der Waals surface area (Å²) < 4.78 is 0. The Bertz CT molecular complexity index is 1250. The van der Waals surface area contributed by atoms with Crippen molar-refractivity contribution in [3.05, 3.63) is 69.2 Å². The second-order valence-electron chi connectivity index (χ2n) is 7.94. The van der Waals surface area contributed by atoms with Crippen molar-refractivity contribution in [3.8, 4) is 6.07 Å². The molecule has 0 aliphatic heterocycles. The van der Waals surface area contributed by atoms with Crippen LogP contribution in [0.25, 0.3) is 0 Å². The van der Waals surface area contributed by atoms with Gasteiger partial charge in [-0.2, -0.15) is 5.26 Å². The van der Waals surface area contributed by atoms with Crippen molar-refractivity contribution in [3.63, 3.8) is 0 Å². The zero-order valence-electron chi connectivity index (χ0n) is 18.5. The first kappa shape index (κ1) is 23.0. The van der Waals surface area contributed by atoms with E-state index < -0.39 is 0 Å². The molecule has 2 amide bonds. The van der Waals surface area contributed by atoms with E-state index in [1.54, 1.807) is 0 Å². The van der Waals surface area contributed by atoms with E-state index in [9.17, 15) is 14.9 Å². The van der Waals surface area contributed by atoms with Crippen LogP contribution in [-0.4, -0.2) is 22.6 Å². The maximum atomic E-state index is 13.0. The molecule has 0 spiro atoms. The van der Waals surface area contributed by atoms with E-state index in [1.807, 2.05) is 50.2 Å². The number of anilines is 2. The zero-order valence-corrected chi connectivity index (χ0v) is 20.2. The highest BCUT2D eigenvalue weighted by Crippen LogP contribution is 2.37. The number of aryl methyl sites for hydroxylation is 3. The molecule has 0 unspecified atom stereocenters. The minimum atomic E-state index is -0.258. The van der Waals surface area contributed by atoms with E-state index in [-0.39, 0.29) is 17.6 Å². The fourth-order valence-corrected chi connectivity index (χ4v) is 6.17. The average Bonchev–Trinajstić information content (AvgIpc) is 3.14. The molecule has 0 saturated heterocycles. The van der Waals surface area contributed by atoms with Gasteiger partial charge in [-0.3, -0.25) is 9.59 Å². The molecule has 2 aromatic heterocycles. The third-order valence-electron chi connectivity index (χ3n) is 5.45. The number of rotatable bonds is 6. The first-order valence-corrected chi connectivity index (χ1v) is 12.6. The molecule has 0 bridgehead atoms. The van der Waals surface area contributed by atoms with Crippen LogP contribution in [0.15, 0.2) is 41.4 Å². The van der Waals surface area contributed by atoms with E-state index >= 15 is 0 Å². The summed E-state index contributed by atoms with van der Waals surface area (Å²) >= 11 is 2.73. The number of benzene rings is 1. The zero-order chi connectivity index (χ0) is 23.4. The Balaban J connectivity index is 1.49. The number of amides is 2. The number of fused-ring (bicyclic) bond motifs is 1. The van der Waals surface area contributed by atoms with Crippen molar-refractivity contribution in [2.75, 3.05) is 16.4 Å². The van der Waals surface area contributed by atoms with Gasteiger partial charge in [-0.05, 0) is 68.9 Å². The smallest absolute Gasteiger partial charge is 0.258 e. The average molecular weight is 477 g/mol. The van der Waals surface area contributed by atoms with E-state index in [0.717, 1.165) is 42.5 Å². The fraction of sp³-hybridized carbons (Fsp3) is 0.280. The molecule has 168 valence electrons. The first-order chi connectivity index (χ1) is 16.0. The standard InChI is InChI=1S/C25H24N4O2S2/c1-15-12-16(2)27-25(22(15)23(31)28-17-8-4-3-5-9-17)32-14-21(30)29-24-19(13-26)18-10-6-7-11-20(18)33-24/h3-5,8-9,12H,6-7,10-11,14H2,1-2H3,(H,28,31)(H,29,30). The number of nitrogens with one attached hydrogen (secondary N) is 2. The normalized spacial score (nSPS) is 12.5. The topological polar surface area (TPSA) is 94.9 Å². The van der Waals surface area contributed by atoms with Crippen molar-refractivity contribution < 1.29 is 9.59 Å². The van der Waals surface area contributed by atoms with Gasteiger partial charge in [-0.25, -0.2) is 4.98 Å². The molecule has 2 N–H and O–H groups in total. The van der Waals surface area contributed by atoms with Crippen LogP contribution in [0.4, 0.5) is 10.7 Å². The Labute approximate surface area is 201 Å². The lowest BCUT2D eigenvalue weighted by atomic mass is 9.96. The number of hydrogen-bond donors (Lipinski definition) is 2. The Hall–Kier alpha value is -3.15. The summed E-state index contributed by atoms with van der Waals surface area (Å²) in [4.78, 5) is 31.5. The molecule has 0 atom stereocenters. The molecule has 1 aromatic carbocycles. The summed E-state index contributed by atoms with van der Waals surface area (Å²) in [7, 11) is 0. The molecule has 0 radical (unpaired) electrons. The van der Waals surface area contributed by atoms with Crippen molar-refractivity contribution >= 4 is 45.6 Å². The number of pyridine rings is 1. The highest BCUT2D eigenvalue weighted by Gasteiger charge is 2.23. The van der Waals surface area contributed by atoms with Gasteiger partial charge in [0.15, 0.2) is 0 Å². The second-order valence-corrected chi connectivity index (χ2v) is 10.0. The van der Waals surface area contributed by atoms with Crippen LogP contribution in [0.5, 0.6) is 0 Å². The van der Waals surface area contributed by atoms with Gasteiger partial charge >= 0.3 is 0 Å². The Kier molecular flexibility index (Phi) is 7.11. The molecule has 6 nitrogen and oxygen atoms in total. The van der Waals surface area contributed by atoms with E-state index in [4.69, 9.17) is 0 Å². The summed E-state index contributed by atoms with van der Waals surface area (Å²) in [6, 6.07) is 13.4. The molecular formula is C25H24N4O2S2. The monoisotopic (exact) mass is 476 g/mol. The third kappa shape index (κ3) is 5.27. The molecule has 0 fully saturated rings. The van der Waals surface area contributed by atoms with E-state index in [0.29, 0.717) is 26.8 Å². The summed E-state index contributed by atoms with van der Waals surface area (Å²) in [5, 5.41) is 16.6. The second kappa shape index (κ2) is 10.2. The molecule has 4 rings (SSSR count). The van der Waals surface area contributed by atoms with E-state index in [1.165, 1.54) is 28.0 Å². The third-order valence-corrected chi connectivity index (χ3v) is 7.63. The van der Waals surface area contributed by atoms with Gasteiger partial charge in [0.25, 0.3) is 5.91 Å². The molecule has 0 saturated carbocycles. The minimum absolute atomic E-state index is 0.0922. The van der Waals surface area contributed by atoms with Crippen LogP contribution in [0.3, 0.4) is 0 Å². The molecule has 1 aliphatic rings. The molecular weight excluding hydrogens is 452 g/mol. The summed E-state index contributed by atoms with van der Waals surface area (Å²) in [5.41, 5.74) is 4.43. The van der Waals surface area contributed by atoms with Gasteiger partial charge < -0.3 is 10.6 Å². The largest absolute Gasteiger partial charge is 0.322 e. The number of nitrogens with zero attached hydrogens (tertiary/aromatic N) is 2. The van der Waals surface area contributed by atoms with Gasteiger partial charge in [0.1, 0.15) is 16.1 Å². The lowest BCUT2D eigenvalue weighted by Crippen LogP contribution is -2.18. The Morgan fingerprint density at radius 3 is 2.67 bits per heavy atom. The molecule has 8 heteroatoms. The number of aromatic nitrogens is 1. The van der Waals surface area contributed by atoms with Crippen LogP contribution < -0.4 is 10.6 Å². The Morgan fingerprint density at radius 2 is 1.91 bits per heavy atom. The van der Waals surface area contributed by atoms with Crippen molar-refractivity contribution in [1.82, 2.24) is 4.98 Å². The summed E-state index contributed by atoms with van der Waals surface area (Å²) in [5.74, 6) is -0.383. The SMILES string of the molecule is Cc1cc(C)c(C(=O)Nc2ccccc2)c(SCC(=O)Nc2sc3c(c2C#N)CCCC3)n1. The predicted octanol–water partition coefficient (Wildman–Crippen LogP) is 5.49. The first-order valence-electron chi connectivity index (χ1n) is 10.8. The number of thioether (sulfide) groups is 1. The molecule has 33 heavy (non-hydrogen) atoms. The maximum Gasteiger partial charge on any atom is 0.258 e. The van der Waals surface area contributed by atoms with E-state index in [2.05, 4.69) is 21.7 Å². The maximum absolute atomic E-state index is 13.0. The van der Waals surface area contributed by atoms with Gasteiger partial charge in [-0.15, -0.1) is 11.3 Å². The molecule has 1 aliphatic carbocycles.